The molecule has 0 radical (unpaired) electrons. The maximum atomic E-state index is 6.83. The van der Waals surface area contributed by atoms with E-state index in [2.05, 4.69) is 195 Å². The molecule has 9 rings (SSSR count). The van der Waals surface area contributed by atoms with Crippen LogP contribution in [0, 0.1) is 0 Å². The third-order valence-corrected chi connectivity index (χ3v) is 13.0. The highest BCUT2D eigenvalue weighted by molar-refractivity contribution is 7.21. The number of benzene rings is 6. The summed E-state index contributed by atoms with van der Waals surface area (Å²) in [6, 6.07) is 54.9. The maximum absolute atomic E-state index is 6.83. The SMILES string of the molecule is CC(C)(C)c1ccc(N2c3ccc(C(C)(C)C)cc3C(c3cccc(Oc4cccc(-c5nc6ccccc6s5)c4)c3)(c3ccccn3)c3cc(C(C)(C)C)ccc32)cc1. The second-order valence-corrected chi connectivity index (χ2v) is 20.2. The third-order valence-electron chi connectivity index (χ3n) is 11.9. The van der Waals surface area contributed by atoms with E-state index in [9.17, 15) is 0 Å². The van der Waals surface area contributed by atoms with Gasteiger partial charge in [-0.1, -0.05) is 141 Å². The van der Waals surface area contributed by atoms with E-state index in [1.54, 1.807) is 11.3 Å². The standard InChI is InChI=1S/C55H53N3OS/c1-52(2,3)37-23-27-41(28-24-37)58-47-29-25-38(53(4,5)6)34-44(47)55(50-22-12-13-31-56-50,45-35-39(54(7,8)9)26-30-48(45)58)40-17-15-19-43(33-40)59-42-18-14-16-36(32-42)51-57-46-20-10-11-21-49(46)60-51/h10-35H,1-9H3. The molecular formula is C55H53N3OS. The van der Waals surface area contributed by atoms with Crippen LogP contribution in [0.5, 0.6) is 11.5 Å². The molecular weight excluding hydrogens is 751 g/mol. The summed E-state index contributed by atoms with van der Waals surface area (Å²) in [5, 5.41) is 0.974. The molecule has 6 aromatic carbocycles. The minimum atomic E-state index is -0.807. The number of hydrogen-bond donors (Lipinski definition) is 0. The molecule has 1 aliphatic heterocycles. The van der Waals surface area contributed by atoms with E-state index in [1.807, 2.05) is 30.5 Å². The first kappa shape index (κ1) is 39.4. The van der Waals surface area contributed by atoms with Crippen LogP contribution in [0.2, 0.25) is 0 Å². The predicted octanol–water partition coefficient (Wildman–Crippen LogP) is 15.2. The smallest absolute Gasteiger partial charge is 0.128 e. The molecule has 5 heteroatoms. The average Bonchev–Trinajstić information content (AvgIpc) is 3.67. The van der Waals surface area contributed by atoms with Crippen molar-refractivity contribution in [2.24, 2.45) is 0 Å². The number of para-hydroxylation sites is 1. The monoisotopic (exact) mass is 803 g/mol. The minimum Gasteiger partial charge on any atom is -0.457 e. The zero-order valence-corrected chi connectivity index (χ0v) is 37.0. The molecule has 2 aromatic heterocycles. The minimum absolute atomic E-state index is 0.0392. The van der Waals surface area contributed by atoms with Crippen LogP contribution in [0.15, 0.2) is 158 Å². The molecule has 0 atom stereocenters. The summed E-state index contributed by atoms with van der Waals surface area (Å²) in [6.45, 7) is 20.6. The van der Waals surface area contributed by atoms with Gasteiger partial charge in [-0.2, -0.15) is 0 Å². The van der Waals surface area contributed by atoms with E-state index in [-0.39, 0.29) is 16.2 Å². The fourth-order valence-electron chi connectivity index (χ4n) is 8.60. The molecule has 1 aliphatic rings. The number of nitrogens with zero attached hydrogens (tertiary/aromatic N) is 3. The Kier molecular flexibility index (Phi) is 9.59. The number of pyridine rings is 1. The Morgan fingerprint density at radius 2 is 1.12 bits per heavy atom. The lowest BCUT2D eigenvalue weighted by Gasteiger charge is -2.47. The fourth-order valence-corrected chi connectivity index (χ4v) is 9.56. The van der Waals surface area contributed by atoms with Crippen LogP contribution in [0.25, 0.3) is 20.8 Å². The van der Waals surface area contributed by atoms with Crippen LogP contribution in [-0.4, -0.2) is 9.97 Å². The average molecular weight is 804 g/mol. The summed E-state index contributed by atoms with van der Waals surface area (Å²) in [6.07, 6.45) is 1.93. The zero-order valence-electron chi connectivity index (χ0n) is 36.2. The number of fused-ring (bicyclic) bond motifs is 3. The number of thiazole rings is 1. The molecule has 0 aliphatic carbocycles. The first-order chi connectivity index (χ1) is 28.6. The molecule has 0 N–H and O–H groups in total. The van der Waals surface area contributed by atoms with Gasteiger partial charge in [-0.3, -0.25) is 4.98 Å². The van der Waals surface area contributed by atoms with Crippen LogP contribution in [0.4, 0.5) is 17.1 Å². The van der Waals surface area contributed by atoms with Crippen molar-refractivity contribution >= 4 is 38.6 Å². The highest BCUT2D eigenvalue weighted by Gasteiger charge is 2.48. The maximum Gasteiger partial charge on any atom is 0.128 e. The molecule has 60 heavy (non-hydrogen) atoms. The van der Waals surface area contributed by atoms with E-state index < -0.39 is 5.41 Å². The Labute approximate surface area is 359 Å². The molecule has 0 unspecified atom stereocenters. The van der Waals surface area contributed by atoms with Crippen molar-refractivity contribution in [3.05, 3.63) is 197 Å². The summed E-state index contributed by atoms with van der Waals surface area (Å²) in [5.41, 5.74) is 12.7. The van der Waals surface area contributed by atoms with Crippen LogP contribution >= 0.6 is 11.3 Å². The molecule has 0 bridgehead atoms. The topological polar surface area (TPSA) is 38.2 Å². The van der Waals surface area contributed by atoms with Crippen molar-refractivity contribution in [2.45, 2.75) is 84.0 Å². The Morgan fingerprint density at radius 3 is 1.72 bits per heavy atom. The molecule has 0 spiro atoms. The first-order valence-corrected chi connectivity index (χ1v) is 21.8. The number of aromatic nitrogens is 2. The van der Waals surface area contributed by atoms with Gasteiger partial charge in [-0.25, -0.2) is 4.98 Å². The quantitative estimate of drug-likeness (QED) is 0.168. The molecule has 0 fully saturated rings. The summed E-state index contributed by atoms with van der Waals surface area (Å²) in [5.74, 6) is 1.52. The molecule has 3 heterocycles. The van der Waals surface area contributed by atoms with Gasteiger partial charge in [0.2, 0.25) is 0 Å². The third kappa shape index (κ3) is 6.99. The van der Waals surface area contributed by atoms with E-state index in [1.165, 1.54) is 32.5 Å². The Balaban J connectivity index is 1.29. The van der Waals surface area contributed by atoms with Gasteiger partial charge in [-0.15, -0.1) is 11.3 Å². The molecule has 4 nitrogen and oxygen atoms in total. The molecule has 300 valence electrons. The number of anilines is 3. The largest absolute Gasteiger partial charge is 0.457 e. The van der Waals surface area contributed by atoms with Gasteiger partial charge in [0.15, 0.2) is 0 Å². The highest BCUT2D eigenvalue weighted by Crippen LogP contribution is 2.59. The van der Waals surface area contributed by atoms with Crippen LogP contribution < -0.4 is 9.64 Å². The Hall–Kier alpha value is -6.04. The lowest BCUT2D eigenvalue weighted by Crippen LogP contribution is -2.39. The van der Waals surface area contributed by atoms with Crippen LogP contribution in [0.1, 0.15) is 101 Å². The Morgan fingerprint density at radius 1 is 0.533 bits per heavy atom. The van der Waals surface area contributed by atoms with E-state index >= 15 is 0 Å². The summed E-state index contributed by atoms with van der Waals surface area (Å²) < 4.78 is 8.00. The number of rotatable bonds is 6. The van der Waals surface area contributed by atoms with E-state index in [4.69, 9.17) is 14.7 Å². The van der Waals surface area contributed by atoms with Gasteiger partial charge in [-0.05, 0) is 122 Å². The van der Waals surface area contributed by atoms with Crippen molar-refractivity contribution in [3.63, 3.8) is 0 Å². The van der Waals surface area contributed by atoms with Crippen molar-refractivity contribution in [1.82, 2.24) is 9.97 Å². The zero-order chi connectivity index (χ0) is 42.0. The van der Waals surface area contributed by atoms with Crippen molar-refractivity contribution in [2.75, 3.05) is 4.90 Å². The molecule has 0 amide bonds. The molecule has 0 saturated heterocycles. The lowest BCUT2D eigenvalue weighted by atomic mass is 9.62. The van der Waals surface area contributed by atoms with Crippen molar-refractivity contribution in [1.29, 1.82) is 0 Å². The van der Waals surface area contributed by atoms with E-state index in [0.29, 0.717) is 0 Å². The normalized spacial score (nSPS) is 13.8. The van der Waals surface area contributed by atoms with E-state index in [0.717, 1.165) is 55.9 Å². The van der Waals surface area contributed by atoms with Gasteiger partial charge < -0.3 is 9.64 Å². The fraction of sp³-hybridized carbons (Fsp3) is 0.236. The summed E-state index contributed by atoms with van der Waals surface area (Å²) in [7, 11) is 0. The molecule has 8 aromatic rings. The van der Waals surface area contributed by atoms with Crippen LogP contribution in [0.3, 0.4) is 0 Å². The van der Waals surface area contributed by atoms with Crippen molar-refractivity contribution < 1.29 is 4.74 Å². The summed E-state index contributed by atoms with van der Waals surface area (Å²) >= 11 is 1.70. The second kappa shape index (κ2) is 14.6. The highest BCUT2D eigenvalue weighted by atomic mass is 32.1. The van der Waals surface area contributed by atoms with Crippen LogP contribution in [-0.2, 0) is 21.7 Å². The lowest BCUT2D eigenvalue weighted by molar-refractivity contribution is 0.481. The van der Waals surface area contributed by atoms with Gasteiger partial charge >= 0.3 is 0 Å². The van der Waals surface area contributed by atoms with Gasteiger partial charge in [0.25, 0.3) is 0 Å². The van der Waals surface area contributed by atoms with Gasteiger partial charge in [0, 0.05) is 17.4 Å². The number of ether oxygens (including phenoxy) is 1. The van der Waals surface area contributed by atoms with Gasteiger partial charge in [0.05, 0.1) is 32.7 Å². The first-order valence-electron chi connectivity index (χ1n) is 21.0. The summed E-state index contributed by atoms with van der Waals surface area (Å²) in [4.78, 5) is 12.7. The van der Waals surface area contributed by atoms with Crippen molar-refractivity contribution in [3.8, 4) is 22.1 Å². The molecule has 0 saturated carbocycles. The van der Waals surface area contributed by atoms with Gasteiger partial charge in [0.1, 0.15) is 16.5 Å². The number of hydrogen-bond acceptors (Lipinski definition) is 5. The predicted molar refractivity (Wildman–Crippen MR) is 252 cm³/mol. The second-order valence-electron chi connectivity index (χ2n) is 19.2. The Bertz CT molecular complexity index is 2750.